The van der Waals surface area contributed by atoms with Crippen molar-refractivity contribution in [3.63, 3.8) is 0 Å². The molecule has 1 heterocycles. The van der Waals surface area contributed by atoms with Crippen LogP contribution in [0.15, 0.2) is 30.5 Å². The maximum absolute atomic E-state index is 10.1. The molecule has 1 aliphatic rings. The van der Waals surface area contributed by atoms with Crippen LogP contribution in [-0.2, 0) is 31.3 Å². The second-order valence-electron chi connectivity index (χ2n) is 6.72. The molecule has 1 aromatic heterocycles. The molecule has 3 rings (SSSR count). The number of nitrogens with zero attached hydrogens (tertiary/aromatic N) is 1. The van der Waals surface area contributed by atoms with Gasteiger partial charge >= 0.3 is 0 Å². The summed E-state index contributed by atoms with van der Waals surface area (Å²) in [6.45, 7) is 7.26. The molecular formula is C22H26IrNO2-. The van der Waals surface area contributed by atoms with E-state index in [0.29, 0.717) is 0 Å². The van der Waals surface area contributed by atoms with Crippen LogP contribution in [-0.4, -0.2) is 22.0 Å². The predicted molar refractivity (Wildman–Crippen MR) is 102 cm³/mol. The van der Waals surface area contributed by atoms with Gasteiger partial charge in [-0.1, -0.05) is 32.1 Å². The maximum Gasteiger partial charge on any atom is 0.132 e. The first-order valence-corrected chi connectivity index (χ1v) is 8.69. The molecule has 1 aromatic carbocycles. The molecule has 1 atom stereocenters. The quantitative estimate of drug-likeness (QED) is 0.599. The van der Waals surface area contributed by atoms with Crippen LogP contribution in [0.3, 0.4) is 0 Å². The molecule has 1 radical (unpaired) electrons. The number of aromatic nitrogens is 1. The van der Waals surface area contributed by atoms with E-state index in [9.17, 15) is 4.79 Å². The molecule has 4 heteroatoms. The van der Waals surface area contributed by atoms with E-state index in [1.165, 1.54) is 29.2 Å². The summed E-state index contributed by atoms with van der Waals surface area (Å²) >= 11 is 0. The number of rotatable bonds is 3. The van der Waals surface area contributed by atoms with Crippen LogP contribution in [0.1, 0.15) is 48.9 Å². The van der Waals surface area contributed by atoms with Crippen LogP contribution in [0.25, 0.3) is 17.3 Å². The number of aliphatic hydroxyl groups excluding tert-OH is 1. The number of allylic oxidation sites excluding steroid dienone is 1. The van der Waals surface area contributed by atoms with Gasteiger partial charge in [0.05, 0.1) is 6.10 Å². The number of pyridine rings is 1. The maximum atomic E-state index is 10.1. The number of hydrogen-bond donors (Lipinski definition) is 1. The third-order valence-corrected chi connectivity index (χ3v) is 3.91. The number of carbonyl (C=O) groups excluding carboxylic acids is 1. The van der Waals surface area contributed by atoms with E-state index < -0.39 is 6.10 Å². The fourth-order valence-corrected chi connectivity index (χ4v) is 2.92. The summed E-state index contributed by atoms with van der Waals surface area (Å²) in [6, 6.07) is 9.90. The number of hydrogen-bond acceptors (Lipinski definition) is 3. The van der Waals surface area contributed by atoms with Gasteiger partial charge in [-0.2, -0.15) is 0 Å². The second kappa shape index (κ2) is 10.5. The van der Waals surface area contributed by atoms with Gasteiger partial charge in [0.2, 0.25) is 0 Å². The Balaban J connectivity index is 0.000000366. The van der Waals surface area contributed by atoms with Crippen molar-refractivity contribution < 1.29 is 30.0 Å². The van der Waals surface area contributed by atoms with E-state index in [0.717, 1.165) is 24.1 Å². The molecule has 26 heavy (non-hydrogen) atoms. The first kappa shape index (κ1) is 22.4. The average Bonchev–Trinajstić information content (AvgIpc) is 2.53. The zero-order valence-corrected chi connectivity index (χ0v) is 18.2. The molecule has 0 fully saturated rings. The summed E-state index contributed by atoms with van der Waals surface area (Å²) in [4.78, 5) is 14.7. The van der Waals surface area contributed by atoms with E-state index >= 15 is 0 Å². The number of fused-ring (bicyclic) bond motifs is 1. The number of aliphatic hydroxyl groups is 1. The van der Waals surface area contributed by atoms with Crippen molar-refractivity contribution in [3.8, 4) is 11.3 Å². The molecule has 141 valence electrons. The van der Waals surface area contributed by atoms with Crippen molar-refractivity contribution in [2.45, 2.75) is 53.1 Å². The molecule has 0 amide bonds. The van der Waals surface area contributed by atoms with E-state index in [1.54, 1.807) is 6.92 Å². The Labute approximate surface area is 169 Å². The second-order valence-corrected chi connectivity index (χ2v) is 6.72. The Morgan fingerprint density at radius 1 is 1.31 bits per heavy atom. The Hall–Kier alpha value is -1.61. The van der Waals surface area contributed by atoms with Gasteiger partial charge < -0.3 is 10.1 Å². The number of ketones is 1. The molecule has 1 N–H and O–H groups in total. The van der Waals surface area contributed by atoms with Gasteiger partial charge in [-0.15, -0.1) is 34.9 Å². The molecular weight excluding hydrogens is 502 g/mol. The molecule has 3 nitrogen and oxygen atoms in total. The molecule has 0 saturated heterocycles. The van der Waals surface area contributed by atoms with Crippen molar-refractivity contribution >= 4 is 11.9 Å². The molecule has 1 unspecified atom stereocenters. The first-order chi connectivity index (χ1) is 11.8. The van der Waals surface area contributed by atoms with Crippen LogP contribution < -0.4 is 0 Å². The zero-order valence-electron chi connectivity index (χ0n) is 15.8. The Kier molecular flexibility index (Phi) is 9.07. The predicted octanol–water partition coefficient (Wildman–Crippen LogP) is 4.47. The molecule has 1 aliphatic carbocycles. The van der Waals surface area contributed by atoms with Crippen molar-refractivity contribution in [1.29, 1.82) is 0 Å². The van der Waals surface area contributed by atoms with Crippen LogP contribution in [0.2, 0.25) is 0 Å². The SMILES string of the molecule is CC(=O)CC(C)O.Cc1[c-]c(-c2cc3c(cn2)C=CCC3)cc(C)c1.[Ir]. The van der Waals surface area contributed by atoms with Gasteiger partial charge in [0.25, 0.3) is 0 Å². The van der Waals surface area contributed by atoms with Gasteiger partial charge in [0, 0.05) is 32.7 Å². The van der Waals surface area contributed by atoms with Crippen molar-refractivity contribution in [2.75, 3.05) is 0 Å². The van der Waals surface area contributed by atoms with E-state index in [2.05, 4.69) is 55.2 Å². The molecule has 0 saturated carbocycles. The molecule has 0 bridgehead atoms. The third kappa shape index (κ3) is 6.95. The normalized spacial score (nSPS) is 13.0. The fourth-order valence-electron chi connectivity index (χ4n) is 2.92. The van der Waals surface area contributed by atoms with E-state index in [-0.39, 0.29) is 32.3 Å². The molecule has 2 aromatic rings. The minimum atomic E-state index is -0.475. The van der Waals surface area contributed by atoms with E-state index in [1.807, 2.05) is 6.20 Å². The summed E-state index contributed by atoms with van der Waals surface area (Å²) in [7, 11) is 0. The minimum absolute atomic E-state index is 0. The van der Waals surface area contributed by atoms with Gasteiger partial charge in [0.1, 0.15) is 5.78 Å². The van der Waals surface area contributed by atoms with E-state index in [4.69, 9.17) is 5.11 Å². The van der Waals surface area contributed by atoms with Gasteiger partial charge in [-0.3, -0.25) is 4.79 Å². The number of benzene rings is 1. The monoisotopic (exact) mass is 529 g/mol. The summed E-state index contributed by atoms with van der Waals surface area (Å²) in [6.07, 6.45) is 8.41. The Morgan fingerprint density at radius 2 is 2.04 bits per heavy atom. The smallest absolute Gasteiger partial charge is 0.132 e. The number of aryl methyl sites for hydroxylation is 3. The van der Waals surface area contributed by atoms with Crippen molar-refractivity contribution in [3.05, 3.63) is 58.8 Å². The topological polar surface area (TPSA) is 50.2 Å². The largest absolute Gasteiger partial charge is 0.393 e. The fraction of sp³-hybridized carbons (Fsp3) is 0.364. The summed E-state index contributed by atoms with van der Waals surface area (Å²) in [5, 5.41) is 8.50. The molecule has 0 aliphatic heterocycles. The Bertz CT molecular complexity index is 761. The van der Waals surface area contributed by atoms with Gasteiger partial charge in [-0.05, 0) is 43.5 Å². The summed E-state index contributed by atoms with van der Waals surface area (Å²) < 4.78 is 0. The minimum Gasteiger partial charge on any atom is -0.393 e. The standard InChI is InChI=1S/C17H16N.C5H10O2.Ir/c1-12-7-13(2)9-16(8-12)17-10-14-5-3-4-6-15(14)11-18-17;1-4(6)3-5(2)7;/h4,6-8,10-11H,3,5H2,1-2H3;4,6H,3H2,1-2H3;/q-1;;. The van der Waals surface area contributed by atoms with Crippen LogP contribution >= 0.6 is 0 Å². The zero-order chi connectivity index (χ0) is 18.4. The van der Waals surface area contributed by atoms with Crippen LogP contribution in [0, 0.1) is 19.9 Å². The van der Waals surface area contributed by atoms with Gasteiger partial charge in [-0.25, -0.2) is 0 Å². The average molecular weight is 529 g/mol. The third-order valence-electron chi connectivity index (χ3n) is 3.91. The molecule has 0 spiro atoms. The van der Waals surface area contributed by atoms with Gasteiger partial charge in [0.15, 0.2) is 0 Å². The number of carbonyl (C=O) groups is 1. The number of Topliss-reactive ketones (excluding diaryl/α,β-unsaturated/α-hetero) is 1. The van der Waals surface area contributed by atoms with Crippen molar-refractivity contribution in [1.82, 2.24) is 4.98 Å². The van der Waals surface area contributed by atoms with Crippen LogP contribution in [0.4, 0.5) is 0 Å². The van der Waals surface area contributed by atoms with Crippen LogP contribution in [0.5, 0.6) is 0 Å². The summed E-state index contributed by atoms with van der Waals surface area (Å²) in [5.74, 6) is 0.0370. The van der Waals surface area contributed by atoms with Crippen molar-refractivity contribution in [2.24, 2.45) is 0 Å². The summed E-state index contributed by atoms with van der Waals surface area (Å²) in [5.41, 5.74) is 7.23. The Morgan fingerprint density at radius 3 is 2.62 bits per heavy atom. The first-order valence-electron chi connectivity index (χ1n) is 8.69.